The van der Waals surface area contributed by atoms with Crippen LogP contribution in [0.4, 0.5) is 0 Å². The van der Waals surface area contributed by atoms with Gasteiger partial charge in [-0.1, -0.05) is 86.3 Å². The number of rotatable bonds is 8. The Bertz CT molecular complexity index is 904. The normalized spacial score (nSPS) is 11.0. The van der Waals surface area contributed by atoms with Crippen LogP contribution in [0.3, 0.4) is 0 Å². The van der Waals surface area contributed by atoms with Gasteiger partial charge in [0.1, 0.15) is 0 Å². The summed E-state index contributed by atoms with van der Waals surface area (Å²) in [5, 5.41) is 3.85. The quantitative estimate of drug-likeness (QED) is 0.542. The van der Waals surface area contributed by atoms with Gasteiger partial charge in [-0.2, -0.15) is 0 Å². The predicted molar refractivity (Wildman–Crippen MR) is 117 cm³/mol. The van der Waals surface area contributed by atoms with Gasteiger partial charge in [-0.25, -0.2) is 4.98 Å². The first-order valence-corrected chi connectivity index (χ1v) is 10.7. The lowest BCUT2D eigenvalue weighted by Gasteiger charge is -2.11. The highest BCUT2D eigenvalue weighted by Crippen LogP contribution is 2.35. The van der Waals surface area contributed by atoms with Gasteiger partial charge in [-0.05, 0) is 12.8 Å². The van der Waals surface area contributed by atoms with Crippen molar-refractivity contribution in [2.24, 2.45) is 5.92 Å². The summed E-state index contributed by atoms with van der Waals surface area (Å²) in [5.74, 6) is 0.861. The van der Waals surface area contributed by atoms with E-state index in [0.717, 1.165) is 34.2 Å². The minimum absolute atomic E-state index is 0.0480. The number of hydrogen-bond acceptors (Lipinski definition) is 3. The van der Waals surface area contributed by atoms with Crippen LogP contribution in [-0.2, 0) is 11.3 Å². The van der Waals surface area contributed by atoms with Crippen LogP contribution < -0.4 is 5.32 Å². The molecule has 5 heteroatoms. The Morgan fingerprint density at radius 1 is 1.04 bits per heavy atom. The molecule has 3 rings (SSSR count). The van der Waals surface area contributed by atoms with Crippen molar-refractivity contribution in [3.05, 3.63) is 60.7 Å². The number of imidazole rings is 1. The van der Waals surface area contributed by atoms with E-state index in [1.807, 2.05) is 36.4 Å². The second-order valence-electron chi connectivity index (χ2n) is 7.05. The number of thioether (sulfide) groups is 1. The Kier molecular flexibility index (Phi) is 6.93. The van der Waals surface area contributed by atoms with Crippen LogP contribution in [0.5, 0.6) is 0 Å². The molecule has 0 saturated carbocycles. The Hall–Kier alpha value is -2.53. The van der Waals surface area contributed by atoms with E-state index in [2.05, 4.69) is 54.9 Å². The Morgan fingerprint density at radius 3 is 2.21 bits per heavy atom. The number of benzene rings is 2. The van der Waals surface area contributed by atoms with Crippen LogP contribution in [0.25, 0.3) is 22.5 Å². The fourth-order valence-electron chi connectivity index (χ4n) is 3.02. The molecular formula is C23H27N3OS. The number of nitrogens with zero attached hydrogens (tertiary/aromatic N) is 2. The summed E-state index contributed by atoms with van der Waals surface area (Å²) >= 11 is 1.50. The van der Waals surface area contributed by atoms with Crippen molar-refractivity contribution in [3.8, 4) is 22.5 Å². The monoisotopic (exact) mass is 393 g/mol. The highest BCUT2D eigenvalue weighted by molar-refractivity contribution is 7.99. The van der Waals surface area contributed by atoms with E-state index in [4.69, 9.17) is 4.98 Å². The highest BCUT2D eigenvalue weighted by Gasteiger charge is 2.20. The van der Waals surface area contributed by atoms with E-state index in [1.54, 1.807) is 0 Å². The van der Waals surface area contributed by atoms with Gasteiger partial charge in [-0.3, -0.25) is 4.79 Å². The van der Waals surface area contributed by atoms with Gasteiger partial charge in [0, 0.05) is 24.2 Å². The number of carbonyl (C=O) groups is 1. The molecule has 146 valence electrons. The molecule has 1 N–H and O–H groups in total. The standard InChI is InChI=1S/C23H27N3OS/c1-4-26-22(19-13-9-6-10-14-19)21(18-11-7-5-8-12-18)25-23(26)28-16-20(27)24-15-17(2)3/h5-14,17H,4,15-16H2,1-3H3,(H,24,27). The molecule has 1 heterocycles. The van der Waals surface area contributed by atoms with Crippen LogP contribution >= 0.6 is 11.8 Å². The van der Waals surface area contributed by atoms with E-state index in [1.165, 1.54) is 11.8 Å². The van der Waals surface area contributed by atoms with Crippen molar-refractivity contribution >= 4 is 17.7 Å². The second-order valence-corrected chi connectivity index (χ2v) is 8.00. The number of carbonyl (C=O) groups excluding carboxylic acids is 1. The Balaban J connectivity index is 1.95. The molecule has 1 aromatic heterocycles. The minimum Gasteiger partial charge on any atom is -0.355 e. The molecule has 0 aliphatic heterocycles. The van der Waals surface area contributed by atoms with Crippen LogP contribution in [0, 0.1) is 5.92 Å². The number of hydrogen-bond donors (Lipinski definition) is 1. The fraction of sp³-hybridized carbons (Fsp3) is 0.304. The van der Waals surface area contributed by atoms with E-state index in [0.29, 0.717) is 18.2 Å². The van der Waals surface area contributed by atoms with Crippen molar-refractivity contribution in [2.75, 3.05) is 12.3 Å². The van der Waals surface area contributed by atoms with Gasteiger partial charge in [-0.15, -0.1) is 0 Å². The first-order chi connectivity index (χ1) is 13.6. The van der Waals surface area contributed by atoms with Crippen LogP contribution in [0.2, 0.25) is 0 Å². The smallest absolute Gasteiger partial charge is 0.230 e. The summed E-state index contributed by atoms with van der Waals surface area (Å²) in [5.41, 5.74) is 4.27. The maximum absolute atomic E-state index is 12.2. The summed E-state index contributed by atoms with van der Waals surface area (Å²) in [6, 6.07) is 20.6. The number of nitrogens with one attached hydrogen (secondary N) is 1. The Labute approximate surface area is 171 Å². The largest absolute Gasteiger partial charge is 0.355 e. The maximum Gasteiger partial charge on any atom is 0.230 e. The third-order valence-electron chi connectivity index (χ3n) is 4.38. The topological polar surface area (TPSA) is 46.9 Å². The first-order valence-electron chi connectivity index (χ1n) is 9.71. The summed E-state index contributed by atoms with van der Waals surface area (Å²) in [7, 11) is 0. The van der Waals surface area contributed by atoms with Gasteiger partial charge >= 0.3 is 0 Å². The van der Waals surface area contributed by atoms with Crippen LogP contribution in [-0.4, -0.2) is 27.8 Å². The molecular weight excluding hydrogens is 366 g/mol. The molecule has 2 aromatic carbocycles. The van der Waals surface area contributed by atoms with Gasteiger partial charge in [0.25, 0.3) is 0 Å². The van der Waals surface area contributed by atoms with Crippen molar-refractivity contribution in [1.82, 2.24) is 14.9 Å². The lowest BCUT2D eigenvalue weighted by atomic mass is 10.0. The highest BCUT2D eigenvalue weighted by atomic mass is 32.2. The van der Waals surface area contributed by atoms with Crippen molar-refractivity contribution in [1.29, 1.82) is 0 Å². The third-order valence-corrected chi connectivity index (χ3v) is 5.36. The molecule has 0 unspecified atom stereocenters. The van der Waals surface area contributed by atoms with E-state index in [-0.39, 0.29) is 5.91 Å². The molecule has 0 atom stereocenters. The predicted octanol–water partition coefficient (Wildman–Crippen LogP) is 5.10. The van der Waals surface area contributed by atoms with Gasteiger partial charge in [0.05, 0.1) is 17.1 Å². The lowest BCUT2D eigenvalue weighted by Crippen LogP contribution is -2.28. The molecule has 0 fully saturated rings. The summed E-state index contributed by atoms with van der Waals surface area (Å²) in [6.07, 6.45) is 0. The van der Waals surface area contributed by atoms with E-state index >= 15 is 0 Å². The van der Waals surface area contributed by atoms with E-state index in [9.17, 15) is 4.79 Å². The van der Waals surface area contributed by atoms with Crippen molar-refractivity contribution in [2.45, 2.75) is 32.5 Å². The average Bonchev–Trinajstić information content (AvgIpc) is 3.10. The zero-order valence-corrected chi connectivity index (χ0v) is 17.5. The van der Waals surface area contributed by atoms with Crippen molar-refractivity contribution in [3.63, 3.8) is 0 Å². The van der Waals surface area contributed by atoms with Gasteiger partial charge in [0.2, 0.25) is 5.91 Å². The number of amides is 1. The summed E-state index contributed by atoms with van der Waals surface area (Å²) < 4.78 is 2.21. The molecule has 0 aliphatic rings. The van der Waals surface area contributed by atoms with Gasteiger partial charge in [0.15, 0.2) is 5.16 Å². The molecule has 28 heavy (non-hydrogen) atoms. The molecule has 1 amide bonds. The molecule has 0 spiro atoms. The molecule has 0 aliphatic carbocycles. The van der Waals surface area contributed by atoms with Crippen LogP contribution in [0.1, 0.15) is 20.8 Å². The second kappa shape index (κ2) is 9.60. The molecule has 0 bridgehead atoms. The molecule has 3 aromatic rings. The summed E-state index contributed by atoms with van der Waals surface area (Å²) in [4.78, 5) is 17.1. The van der Waals surface area contributed by atoms with Gasteiger partial charge < -0.3 is 9.88 Å². The zero-order valence-electron chi connectivity index (χ0n) is 16.7. The fourth-order valence-corrected chi connectivity index (χ4v) is 3.92. The lowest BCUT2D eigenvalue weighted by molar-refractivity contribution is -0.118. The first kappa shape index (κ1) is 20.2. The van der Waals surface area contributed by atoms with Crippen molar-refractivity contribution < 1.29 is 4.79 Å². The molecule has 0 saturated heterocycles. The SMILES string of the molecule is CCn1c(SCC(=O)NCC(C)C)nc(-c2ccccc2)c1-c1ccccc1. The minimum atomic E-state index is 0.0480. The zero-order chi connectivity index (χ0) is 19.9. The summed E-state index contributed by atoms with van der Waals surface area (Å²) in [6.45, 7) is 7.79. The maximum atomic E-state index is 12.2. The number of aromatic nitrogens is 2. The average molecular weight is 394 g/mol. The third kappa shape index (κ3) is 4.84. The van der Waals surface area contributed by atoms with E-state index < -0.39 is 0 Å². The molecule has 0 radical (unpaired) electrons. The Morgan fingerprint density at radius 2 is 1.64 bits per heavy atom. The molecule has 4 nitrogen and oxygen atoms in total. The van der Waals surface area contributed by atoms with Crippen LogP contribution in [0.15, 0.2) is 65.8 Å².